The lowest BCUT2D eigenvalue weighted by Crippen LogP contribution is -2.48. The first-order valence-corrected chi connectivity index (χ1v) is 10.4. The lowest BCUT2D eigenvalue weighted by atomic mass is 10.00. The molecule has 0 atom stereocenters. The fourth-order valence-electron chi connectivity index (χ4n) is 4.50. The molecule has 5 nitrogen and oxygen atoms in total. The van der Waals surface area contributed by atoms with Gasteiger partial charge in [-0.2, -0.15) is 0 Å². The Labute approximate surface area is 176 Å². The van der Waals surface area contributed by atoms with Crippen molar-refractivity contribution in [1.29, 1.82) is 0 Å². The van der Waals surface area contributed by atoms with Gasteiger partial charge in [-0.05, 0) is 54.8 Å². The Morgan fingerprint density at radius 2 is 1.77 bits per heavy atom. The summed E-state index contributed by atoms with van der Waals surface area (Å²) < 4.78 is 17.9. The van der Waals surface area contributed by atoms with E-state index in [0.717, 1.165) is 39.9 Å². The van der Waals surface area contributed by atoms with E-state index in [1.807, 2.05) is 50.2 Å². The molecule has 0 unspecified atom stereocenters. The van der Waals surface area contributed by atoms with Gasteiger partial charge >= 0.3 is 0 Å². The number of hydrogen-bond acceptors (Lipinski definition) is 4. The van der Waals surface area contributed by atoms with Crippen molar-refractivity contribution in [1.82, 2.24) is 0 Å². The molecule has 3 aromatic rings. The van der Waals surface area contributed by atoms with Crippen molar-refractivity contribution < 1.29 is 19.0 Å². The van der Waals surface area contributed by atoms with Gasteiger partial charge in [0, 0.05) is 5.56 Å². The van der Waals surface area contributed by atoms with Crippen LogP contribution in [0.3, 0.4) is 0 Å². The zero-order valence-electron chi connectivity index (χ0n) is 17.3. The number of aryl methyl sites for hydroxylation is 2. The topological polar surface area (TPSA) is 48.0 Å². The van der Waals surface area contributed by atoms with Crippen LogP contribution in [0.2, 0.25) is 0 Å². The van der Waals surface area contributed by atoms with Gasteiger partial charge < -0.3 is 19.1 Å². The van der Waals surface area contributed by atoms with Crippen molar-refractivity contribution in [3.05, 3.63) is 71.3 Å². The van der Waals surface area contributed by atoms with Crippen LogP contribution in [0, 0.1) is 13.8 Å². The minimum atomic E-state index is -1.31. The molecule has 0 saturated carbocycles. The Morgan fingerprint density at radius 1 is 1.00 bits per heavy atom. The van der Waals surface area contributed by atoms with Gasteiger partial charge in [0.1, 0.15) is 12.4 Å². The van der Waals surface area contributed by atoms with Crippen molar-refractivity contribution >= 4 is 22.4 Å². The zero-order chi connectivity index (χ0) is 20.7. The first-order valence-electron chi connectivity index (χ1n) is 10.4. The van der Waals surface area contributed by atoms with Crippen LogP contribution in [0.1, 0.15) is 23.1 Å². The molecule has 0 aromatic heterocycles. The smallest absolute Gasteiger partial charge is 0.292 e. The molecule has 0 aliphatic carbocycles. The number of ether oxygens (including phenoxy) is 3. The summed E-state index contributed by atoms with van der Waals surface area (Å²) in [6.45, 7) is 5.89. The number of rotatable bonds is 4. The molecule has 2 aliphatic rings. The molecule has 5 rings (SSSR count). The van der Waals surface area contributed by atoms with Gasteiger partial charge in [0.2, 0.25) is 0 Å². The van der Waals surface area contributed by atoms with Crippen molar-refractivity contribution in [2.75, 3.05) is 31.3 Å². The van der Waals surface area contributed by atoms with Gasteiger partial charge in [0.25, 0.3) is 11.7 Å². The second-order valence-electron chi connectivity index (χ2n) is 7.96. The number of benzene rings is 3. The van der Waals surface area contributed by atoms with Crippen molar-refractivity contribution in [2.24, 2.45) is 0 Å². The van der Waals surface area contributed by atoms with Gasteiger partial charge in [0.15, 0.2) is 0 Å². The molecule has 0 radical (unpaired) electrons. The van der Waals surface area contributed by atoms with Crippen LogP contribution >= 0.6 is 0 Å². The highest BCUT2D eigenvalue weighted by Gasteiger charge is 2.55. The Balaban J connectivity index is 1.39. The summed E-state index contributed by atoms with van der Waals surface area (Å²) in [5.41, 5.74) is 3.83. The van der Waals surface area contributed by atoms with Crippen LogP contribution in [0.5, 0.6) is 5.75 Å². The molecule has 5 heteroatoms. The van der Waals surface area contributed by atoms with E-state index in [-0.39, 0.29) is 5.91 Å². The van der Waals surface area contributed by atoms with E-state index in [4.69, 9.17) is 14.2 Å². The molecule has 1 fully saturated rings. The molecule has 1 amide bonds. The zero-order valence-corrected chi connectivity index (χ0v) is 17.3. The maximum Gasteiger partial charge on any atom is 0.292 e. The van der Waals surface area contributed by atoms with Crippen LogP contribution in [0.25, 0.3) is 10.8 Å². The Kier molecular flexibility index (Phi) is 4.72. The number of nitrogens with zero attached hydrogens (tertiary/aromatic N) is 1. The predicted octanol–water partition coefficient (Wildman–Crippen LogP) is 4.47. The van der Waals surface area contributed by atoms with E-state index in [0.29, 0.717) is 26.4 Å². The second kappa shape index (κ2) is 7.42. The Hall–Kier alpha value is -2.89. The third-order valence-electron chi connectivity index (χ3n) is 5.80. The predicted molar refractivity (Wildman–Crippen MR) is 116 cm³/mol. The van der Waals surface area contributed by atoms with Gasteiger partial charge in [-0.3, -0.25) is 4.79 Å². The second-order valence-corrected chi connectivity index (χ2v) is 7.96. The molecule has 2 aliphatic heterocycles. The molecule has 0 bridgehead atoms. The summed E-state index contributed by atoms with van der Waals surface area (Å²) in [5, 5.41) is 2.31. The molecule has 1 saturated heterocycles. The van der Waals surface area contributed by atoms with Gasteiger partial charge in [-0.15, -0.1) is 0 Å². The number of hydrogen-bond donors (Lipinski definition) is 0. The number of carbonyl (C=O) groups excluding carboxylic acids is 1. The number of anilines is 1. The highest BCUT2D eigenvalue weighted by Crippen LogP contribution is 2.47. The van der Waals surface area contributed by atoms with Crippen LogP contribution in [-0.2, 0) is 20.1 Å². The SMILES string of the molecule is Cc1cc(C)c2c(c1)C1(OCCCO1)C(=O)N2CCOc1ccc2ccccc2c1. The summed E-state index contributed by atoms with van der Waals surface area (Å²) in [6.07, 6.45) is 0.792. The van der Waals surface area contributed by atoms with Crippen LogP contribution < -0.4 is 9.64 Å². The van der Waals surface area contributed by atoms with Crippen LogP contribution in [0.15, 0.2) is 54.6 Å². The lowest BCUT2D eigenvalue weighted by molar-refractivity contribution is -0.256. The molecular weight excluding hydrogens is 378 g/mol. The normalized spacial score (nSPS) is 17.5. The first-order chi connectivity index (χ1) is 14.6. The fraction of sp³-hybridized carbons (Fsp3) is 0.320. The van der Waals surface area contributed by atoms with Gasteiger partial charge in [-0.1, -0.05) is 42.0 Å². The molecule has 3 aromatic carbocycles. The summed E-state index contributed by atoms with van der Waals surface area (Å²) in [7, 11) is 0. The van der Waals surface area contributed by atoms with E-state index in [2.05, 4.69) is 18.2 Å². The third-order valence-corrected chi connectivity index (χ3v) is 5.80. The first kappa shape index (κ1) is 19.1. The molecule has 2 heterocycles. The summed E-state index contributed by atoms with van der Waals surface area (Å²) in [5.74, 6) is -0.679. The van der Waals surface area contributed by atoms with E-state index < -0.39 is 5.79 Å². The summed E-state index contributed by atoms with van der Waals surface area (Å²) in [4.78, 5) is 15.2. The Morgan fingerprint density at radius 3 is 2.57 bits per heavy atom. The van der Waals surface area contributed by atoms with E-state index in [1.54, 1.807) is 4.90 Å². The fourth-order valence-corrected chi connectivity index (χ4v) is 4.50. The Bertz CT molecular complexity index is 1120. The molecule has 30 heavy (non-hydrogen) atoms. The van der Waals surface area contributed by atoms with Crippen molar-refractivity contribution in [3.8, 4) is 5.75 Å². The highest BCUT2D eigenvalue weighted by molar-refractivity contribution is 6.07. The van der Waals surface area contributed by atoms with Gasteiger partial charge in [0.05, 0.1) is 25.4 Å². The maximum absolute atomic E-state index is 13.4. The summed E-state index contributed by atoms with van der Waals surface area (Å²) in [6, 6.07) is 18.3. The molecule has 1 spiro atoms. The quantitative estimate of drug-likeness (QED) is 0.645. The number of fused-ring (bicyclic) bond motifs is 3. The monoisotopic (exact) mass is 403 g/mol. The van der Waals surface area contributed by atoms with Crippen molar-refractivity contribution in [3.63, 3.8) is 0 Å². The van der Waals surface area contributed by atoms with E-state index in [9.17, 15) is 4.79 Å². The van der Waals surface area contributed by atoms with Crippen LogP contribution in [0.4, 0.5) is 5.69 Å². The lowest BCUT2D eigenvalue weighted by Gasteiger charge is -2.32. The minimum absolute atomic E-state index is 0.159. The van der Waals surface area contributed by atoms with Crippen molar-refractivity contribution in [2.45, 2.75) is 26.1 Å². The third kappa shape index (κ3) is 3.06. The standard InChI is InChI=1S/C25H25NO4/c1-17-14-18(2)23-22(15-17)25(29-11-5-12-30-25)24(27)26(23)10-13-28-21-9-8-19-6-3-4-7-20(19)16-21/h3-4,6-9,14-16H,5,10-13H2,1-2H3. The average molecular weight is 403 g/mol. The average Bonchev–Trinajstić information content (AvgIpc) is 2.97. The molecule has 0 N–H and O–H groups in total. The summed E-state index contributed by atoms with van der Waals surface area (Å²) >= 11 is 0. The minimum Gasteiger partial charge on any atom is -0.492 e. The maximum atomic E-state index is 13.4. The van der Waals surface area contributed by atoms with E-state index in [1.165, 1.54) is 5.39 Å². The number of carbonyl (C=O) groups is 1. The molecular formula is C25H25NO4. The largest absolute Gasteiger partial charge is 0.492 e. The molecule has 154 valence electrons. The van der Waals surface area contributed by atoms with Crippen LogP contribution in [-0.4, -0.2) is 32.3 Å². The van der Waals surface area contributed by atoms with E-state index >= 15 is 0 Å². The van der Waals surface area contributed by atoms with Gasteiger partial charge in [-0.25, -0.2) is 0 Å². The number of amides is 1. The highest BCUT2D eigenvalue weighted by atomic mass is 16.7.